The van der Waals surface area contributed by atoms with Gasteiger partial charge in [-0.2, -0.15) is 0 Å². The number of carbonyl (C=O) groups excluding carboxylic acids is 1. The highest BCUT2D eigenvalue weighted by Gasteiger charge is 2.54. The lowest BCUT2D eigenvalue weighted by molar-refractivity contribution is -0.126. The van der Waals surface area contributed by atoms with Crippen molar-refractivity contribution < 1.29 is 4.79 Å². The van der Waals surface area contributed by atoms with Crippen LogP contribution in [0.3, 0.4) is 0 Å². The molecule has 0 N–H and O–H groups in total. The summed E-state index contributed by atoms with van der Waals surface area (Å²) < 4.78 is 0. The maximum atomic E-state index is 13.8. The number of carbonyl (C=O) groups is 1. The standard InChI is InChI=1S/C44H44ClN3OSi/c1-46-42(34-19-8-3-9-20-34)43(35-21-10-4-11-22-35)47(2)44(46)39-33-48(41(49)29-18-31-45)32-30-40(39)50(36-23-12-5-13-24-36,37-25-14-6-15-26-37)38-27-16-7-17-28-38/h3-17,19-28,30,32-33,40,42-44H,18,29,31H2,1-2H3/t40-,42+,43+/m1/s1. The van der Waals surface area contributed by atoms with Crippen LogP contribution in [-0.4, -0.2) is 54.8 Å². The van der Waals surface area contributed by atoms with E-state index in [1.807, 2.05) is 11.1 Å². The molecule has 50 heavy (non-hydrogen) atoms. The Morgan fingerprint density at radius 3 is 1.42 bits per heavy atom. The van der Waals surface area contributed by atoms with E-state index in [9.17, 15) is 4.79 Å². The van der Waals surface area contributed by atoms with Gasteiger partial charge in [-0.3, -0.25) is 19.5 Å². The molecule has 2 aliphatic rings. The number of hydrogen-bond donors (Lipinski definition) is 0. The third kappa shape index (κ3) is 6.20. The molecule has 2 aliphatic heterocycles. The smallest absolute Gasteiger partial charge is 0.230 e. The highest BCUT2D eigenvalue weighted by Crippen LogP contribution is 2.50. The van der Waals surface area contributed by atoms with E-state index in [2.05, 4.69) is 188 Å². The highest BCUT2D eigenvalue weighted by molar-refractivity contribution is 7.13. The number of benzene rings is 5. The van der Waals surface area contributed by atoms with Crippen LogP contribution in [0.25, 0.3) is 0 Å². The number of likely N-dealkylation sites (N-methyl/N-ethyl adjacent to an activating group) is 2. The van der Waals surface area contributed by atoms with Crippen LogP contribution in [0.5, 0.6) is 0 Å². The maximum Gasteiger partial charge on any atom is 0.230 e. The number of allylic oxidation sites excluding steroid dienone is 1. The van der Waals surface area contributed by atoms with E-state index < -0.39 is 8.07 Å². The van der Waals surface area contributed by atoms with Crippen LogP contribution >= 0.6 is 11.6 Å². The average Bonchev–Trinajstić information content (AvgIpc) is 3.45. The Balaban J connectivity index is 1.48. The lowest BCUT2D eigenvalue weighted by atomic mass is 9.93. The van der Waals surface area contributed by atoms with Crippen LogP contribution in [0.4, 0.5) is 0 Å². The molecule has 252 valence electrons. The van der Waals surface area contributed by atoms with Crippen LogP contribution in [0.2, 0.25) is 5.54 Å². The number of nitrogens with zero attached hydrogens (tertiary/aromatic N) is 3. The molecular weight excluding hydrogens is 650 g/mol. The first-order valence-corrected chi connectivity index (χ1v) is 20.1. The van der Waals surface area contributed by atoms with Crippen molar-refractivity contribution in [3.8, 4) is 0 Å². The van der Waals surface area contributed by atoms with E-state index in [-0.39, 0.29) is 29.7 Å². The van der Waals surface area contributed by atoms with Crippen molar-refractivity contribution in [1.82, 2.24) is 14.7 Å². The fourth-order valence-electron chi connectivity index (χ4n) is 8.48. The quantitative estimate of drug-likeness (QED) is 0.0863. The molecular formula is C44H44ClN3OSi. The normalized spacial score (nSPS) is 20.2. The number of hydrogen-bond acceptors (Lipinski definition) is 3. The fraction of sp³-hybridized carbons (Fsp3) is 0.205. The molecule has 2 heterocycles. The van der Waals surface area contributed by atoms with Crippen LogP contribution in [0.15, 0.2) is 176 Å². The van der Waals surface area contributed by atoms with Crippen LogP contribution in [-0.2, 0) is 4.79 Å². The van der Waals surface area contributed by atoms with Gasteiger partial charge in [0.1, 0.15) is 0 Å². The third-order valence-corrected chi connectivity index (χ3v) is 16.0. The van der Waals surface area contributed by atoms with Gasteiger partial charge in [0.15, 0.2) is 8.07 Å². The molecule has 0 saturated carbocycles. The van der Waals surface area contributed by atoms with Gasteiger partial charge in [-0.1, -0.05) is 158 Å². The molecule has 0 aliphatic carbocycles. The van der Waals surface area contributed by atoms with Gasteiger partial charge in [-0.25, -0.2) is 0 Å². The second-order valence-corrected chi connectivity index (χ2v) is 17.7. The molecule has 7 rings (SSSR count). The minimum atomic E-state index is -2.87. The Labute approximate surface area is 303 Å². The van der Waals surface area contributed by atoms with Crippen LogP contribution in [0, 0.1) is 0 Å². The Hall–Kier alpha value is -4.52. The SMILES string of the molecule is CN1C(C2=CN(C(=O)CCCCl)C=C[C@H]2[Si](c2ccccc2)(c2ccccc2)c2ccccc2)N(C)[C@@H](c2ccccc2)[C@@H]1c1ccccc1. The largest absolute Gasteiger partial charge is 0.295 e. The van der Waals surface area contributed by atoms with E-state index in [0.717, 1.165) is 0 Å². The molecule has 0 bridgehead atoms. The van der Waals surface area contributed by atoms with E-state index in [1.165, 1.54) is 32.3 Å². The molecule has 1 saturated heterocycles. The average molecular weight is 694 g/mol. The Bertz CT molecular complexity index is 1770. The van der Waals surface area contributed by atoms with E-state index in [4.69, 9.17) is 11.6 Å². The summed E-state index contributed by atoms with van der Waals surface area (Å²) >= 11 is 6.08. The zero-order valence-electron chi connectivity index (χ0n) is 28.7. The molecule has 5 aromatic carbocycles. The van der Waals surface area contributed by atoms with Gasteiger partial charge in [0, 0.05) is 30.2 Å². The molecule has 0 unspecified atom stereocenters. The second-order valence-electron chi connectivity index (χ2n) is 13.4. The predicted molar refractivity (Wildman–Crippen MR) is 209 cm³/mol. The summed E-state index contributed by atoms with van der Waals surface area (Å²) in [5, 5.41) is 4.01. The molecule has 1 amide bonds. The first-order chi connectivity index (χ1) is 24.6. The van der Waals surface area contributed by atoms with Crippen molar-refractivity contribution in [3.05, 3.63) is 187 Å². The lowest BCUT2D eigenvalue weighted by Crippen LogP contribution is -2.70. The molecule has 4 nitrogen and oxygen atoms in total. The summed E-state index contributed by atoms with van der Waals surface area (Å²) in [6, 6.07) is 55.2. The van der Waals surface area contributed by atoms with Crippen molar-refractivity contribution in [1.29, 1.82) is 0 Å². The summed E-state index contributed by atoms with van der Waals surface area (Å²) in [6.07, 6.45) is 7.47. The second kappa shape index (κ2) is 15.2. The molecule has 3 atom stereocenters. The van der Waals surface area contributed by atoms with Gasteiger partial charge >= 0.3 is 0 Å². The van der Waals surface area contributed by atoms with Crippen molar-refractivity contribution >= 4 is 41.1 Å². The van der Waals surface area contributed by atoms with Crippen molar-refractivity contribution in [3.63, 3.8) is 0 Å². The minimum absolute atomic E-state index is 0.00683. The summed E-state index contributed by atoms with van der Waals surface area (Å²) in [4.78, 5) is 20.7. The van der Waals surface area contributed by atoms with Crippen molar-refractivity contribution in [2.24, 2.45) is 0 Å². The predicted octanol–water partition coefficient (Wildman–Crippen LogP) is 7.47. The lowest BCUT2D eigenvalue weighted by Gasteiger charge is -2.45. The monoisotopic (exact) mass is 693 g/mol. The number of rotatable bonds is 10. The molecule has 6 heteroatoms. The summed E-state index contributed by atoms with van der Waals surface area (Å²) in [6.45, 7) is 0. The van der Waals surface area contributed by atoms with Crippen LogP contribution < -0.4 is 15.6 Å². The van der Waals surface area contributed by atoms with E-state index in [1.54, 1.807) is 0 Å². The van der Waals surface area contributed by atoms with Crippen LogP contribution in [0.1, 0.15) is 36.1 Å². The first-order valence-electron chi connectivity index (χ1n) is 17.5. The molecule has 5 aromatic rings. The third-order valence-electron chi connectivity index (χ3n) is 10.6. The summed E-state index contributed by atoms with van der Waals surface area (Å²) in [7, 11) is 1.64. The number of alkyl halides is 1. The Morgan fingerprint density at radius 2 is 1.02 bits per heavy atom. The van der Waals surface area contributed by atoms with Crippen molar-refractivity contribution in [2.75, 3.05) is 20.0 Å². The van der Waals surface area contributed by atoms with Gasteiger partial charge in [0.05, 0.1) is 18.2 Å². The Morgan fingerprint density at radius 1 is 0.620 bits per heavy atom. The van der Waals surface area contributed by atoms with Gasteiger partial charge in [0.25, 0.3) is 0 Å². The molecule has 1 fully saturated rings. The van der Waals surface area contributed by atoms with E-state index >= 15 is 0 Å². The minimum Gasteiger partial charge on any atom is -0.295 e. The number of halogens is 1. The van der Waals surface area contributed by atoms with Crippen molar-refractivity contribution in [2.45, 2.75) is 36.6 Å². The summed E-state index contributed by atoms with van der Waals surface area (Å²) in [5.74, 6) is 0.520. The van der Waals surface area contributed by atoms with Gasteiger partial charge in [0.2, 0.25) is 5.91 Å². The summed E-state index contributed by atoms with van der Waals surface area (Å²) in [5.41, 5.74) is 3.76. The highest BCUT2D eigenvalue weighted by atomic mass is 35.5. The fourth-order valence-corrected chi connectivity index (χ4v) is 13.9. The molecule has 0 radical (unpaired) electrons. The van der Waals surface area contributed by atoms with Gasteiger partial charge in [-0.15, -0.1) is 11.6 Å². The van der Waals surface area contributed by atoms with Gasteiger partial charge in [-0.05, 0) is 52.8 Å². The molecule has 0 aromatic heterocycles. The maximum absolute atomic E-state index is 13.8. The first kappa shape index (κ1) is 33.9. The molecule has 0 spiro atoms. The zero-order chi connectivity index (χ0) is 34.5. The van der Waals surface area contributed by atoms with E-state index in [0.29, 0.717) is 18.7 Å². The topological polar surface area (TPSA) is 26.8 Å². The van der Waals surface area contributed by atoms with Gasteiger partial charge < -0.3 is 0 Å². The zero-order valence-corrected chi connectivity index (χ0v) is 30.5. The Kier molecular flexibility index (Phi) is 10.3. The number of amides is 1.